The van der Waals surface area contributed by atoms with Gasteiger partial charge in [-0.3, -0.25) is 9.69 Å². The molecule has 0 aliphatic carbocycles. The Morgan fingerprint density at radius 2 is 1.90 bits per heavy atom. The van der Waals surface area contributed by atoms with Crippen molar-refractivity contribution in [1.82, 2.24) is 15.1 Å². The van der Waals surface area contributed by atoms with Crippen LogP contribution in [0.25, 0.3) is 0 Å². The van der Waals surface area contributed by atoms with Gasteiger partial charge >= 0.3 is 0 Å². The van der Waals surface area contributed by atoms with Crippen LogP contribution in [0.4, 0.5) is 0 Å². The van der Waals surface area contributed by atoms with Crippen molar-refractivity contribution in [3.63, 3.8) is 0 Å². The minimum atomic E-state index is 0. The number of hydrogen-bond donors (Lipinski definition) is 1. The SMILES string of the molecule is CNC1CCN(CC(=O)N(C)Cc2ccccc2)CC1.Cl. The second kappa shape index (κ2) is 9.03. The summed E-state index contributed by atoms with van der Waals surface area (Å²) in [5, 5.41) is 3.31. The minimum Gasteiger partial charge on any atom is -0.340 e. The van der Waals surface area contributed by atoms with Gasteiger partial charge in [-0.25, -0.2) is 0 Å². The molecule has 2 rings (SSSR count). The van der Waals surface area contributed by atoms with Crippen molar-refractivity contribution in [2.75, 3.05) is 33.7 Å². The van der Waals surface area contributed by atoms with Crippen LogP contribution in [0.2, 0.25) is 0 Å². The van der Waals surface area contributed by atoms with Crippen molar-refractivity contribution in [3.8, 4) is 0 Å². The third-order valence-electron chi connectivity index (χ3n) is 4.04. The fraction of sp³-hybridized carbons (Fsp3) is 0.562. The molecule has 1 amide bonds. The van der Waals surface area contributed by atoms with E-state index >= 15 is 0 Å². The maximum Gasteiger partial charge on any atom is 0.236 e. The lowest BCUT2D eigenvalue weighted by molar-refractivity contribution is -0.131. The first-order valence-electron chi connectivity index (χ1n) is 7.36. The molecule has 1 aromatic rings. The summed E-state index contributed by atoms with van der Waals surface area (Å²) in [4.78, 5) is 16.3. The van der Waals surface area contributed by atoms with Gasteiger partial charge in [0, 0.05) is 32.7 Å². The number of piperidine rings is 1. The Morgan fingerprint density at radius 3 is 2.48 bits per heavy atom. The Labute approximate surface area is 133 Å². The van der Waals surface area contributed by atoms with E-state index in [1.54, 1.807) is 0 Å². The smallest absolute Gasteiger partial charge is 0.236 e. The van der Waals surface area contributed by atoms with E-state index in [0.29, 0.717) is 19.1 Å². The Hall–Kier alpha value is -1.10. The second-order valence-electron chi connectivity index (χ2n) is 5.57. The van der Waals surface area contributed by atoms with Crippen LogP contribution in [-0.2, 0) is 11.3 Å². The fourth-order valence-electron chi connectivity index (χ4n) is 2.64. The molecule has 4 nitrogen and oxygen atoms in total. The van der Waals surface area contributed by atoms with Crippen molar-refractivity contribution in [1.29, 1.82) is 0 Å². The van der Waals surface area contributed by atoms with Crippen molar-refractivity contribution in [2.24, 2.45) is 0 Å². The number of nitrogens with zero attached hydrogens (tertiary/aromatic N) is 2. The van der Waals surface area contributed by atoms with Gasteiger partial charge in [0.15, 0.2) is 0 Å². The molecule has 1 aliphatic heterocycles. The average molecular weight is 312 g/mol. The number of halogens is 1. The second-order valence-corrected chi connectivity index (χ2v) is 5.57. The highest BCUT2D eigenvalue weighted by Crippen LogP contribution is 2.10. The zero-order chi connectivity index (χ0) is 14.4. The first-order chi connectivity index (χ1) is 9.69. The Balaban J connectivity index is 0.00000220. The van der Waals surface area contributed by atoms with Crippen LogP contribution in [0.15, 0.2) is 30.3 Å². The van der Waals surface area contributed by atoms with E-state index < -0.39 is 0 Å². The molecule has 21 heavy (non-hydrogen) atoms. The lowest BCUT2D eigenvalue weighted by Gasteiger charge is -2.32. The van der Waals surface area contributed by atoms with Gasteiger partial charge in [-0.2, -0.15) is 0 Å². The molecule has 0 aromatic heterocycles. The predicted molar refractivity (Wildman–Crippen MR) is 88.7 cm³/mol. The molecule has 0 unspecified atom stereocenters. The normalized spacial score (nSPS) is 16.3. The topological polar surface area (TPSA) is 35.6 Å². The summed E-state index contributed by atoms with van der Waals surface area (Å²) in [5.41, 5.74) is 1.18. The van der Waals surface area contributed by atoms with E-state index in [1.165, 1.54) is 5.56 Å². The molecule has 118 valence electrons. The van der Waals surface area contributed by atoms with E-state index in [1.807, 2.05) is 37.2 Å². The van der Waals surface area contributed by atoms with Crippen LogP contribution in [0.5, 0.6) is 0 Å². The van der Waals surface area contributed by atoms with Gasteiger partial charge in [-0.05, 0) is 25.5 Å². The summed E-state index contributed by atoms with van der Waals surface area (Å²) >= 11 is 0. The number of hydrogen-bond acceptors (Lipinski definition) is 3. The zero-order valence-electron chi connectivity index (χ0n) is 12.9. The van der Waals surface area contributed by atoms with Crippen molar-refractivity contribution >= 4 is 18.3 Å². The molecule has 0 radical (unpaired) electrons. The lowest BCUT2D eigenvalue weighted by atomic mass is 10.1. The third-order valence-corrected chi connectivity index (χ3v) is 4.04. The number of benzene rings is 1. The predicted octanol–water partition coefficient (Wildman–Crippen LogP) is 1.75. The number of rotatable bonds is 5. The van der Waals surface area contributed by atoms with Crippen LogP contribution < -0.4 is 5.32 Å². The first-order valence-corrected chi connectivity index (χ1v) is 7.36. The highest BCUT2D eigenvalue weighted by Gasteiger charge is 2.20. The molecule has 0 spiro atoms. The molecule has 1 N–H and O–H groups in total. The molecule has 1 aliphatic rings. The molecular weight excluding hydrogens is 286 g/mol. The summed E-state index contributed by atoms with van der Waals surface area (Å²) < 4.78 is 0. The third kappa shape index (κ3) is 5.65. The maximum absolute atomic E-state index is 12.2. The molecule has 1 heterocycles. The molecule has 1 aromatic carbocycles. The summed E-state index contributed by atoms with van der Waals surface area (Å²) in [6, 6.07) is 10.7. The van der Waals surface area contributed by atoms with Crippen LogP contribution >= 0.6 is 12.4 Å². The number of carbonyl (C=O) groups is 1. The highest BCUT2D eigenvalue weighted by atomic mass is 35.5. The summed E-state index contributed by atoms with van der Waals surface area (Å²) in [7, 11) is 3.90. The summed E-state index contributed by atoms with van der Waals surface area (Å²) in [6.07, 6.45) is 2.26. The van der Waals surface area contributed by atoms with E-state index in [-0.39, 0.29) is 18.3 Å². The van der Waals surface area contributed by atoms with Crippen molar-refractivity contribution in [3.05, 3.63) is 35.9 Å². The average Bonchev–Trinajstić information content (AvgIpc) is 2.49. The lowest BCUT2D eigenvalue weighted by Crippen LogP contribution is -2.45. The van der Waals surface area contributed by atoms with E-state index in [2.05, 4.69) is 22.3 Å². The van der Waals surface area contributed by atoms with Crippen molar-refractivity contribution in [2.45, 2.75) is 25.4 Å². The quantitative estimate of drug-likeness (QED) is 0.900. The summed E-state index contributed by atoms with van der Waals surface area (Å²) in [6.45, 7) is 3.25. The standard InChI is InChI=1S/C16H25N3O.ClH/c1-17-15-8-10-19(11-9-15)13-16(20)18(2)12-14-6-4-3-5-7-14;/h3-7,15,17H,8-13H2,1-2H3;1H. The van der Waals surface area contributed by atoms with Gasteiger partial charge in [0.1, 0.15) is 0 Å². The Morgan fingerprint density at radius 1 is 1.29 bits per heavy atom. The number of likely N-dealkylation sites (N-methyl/N-ethyl adjacent to an activating group) is 1. The summed E-state index contributed by atoms with van der Waals surface area (Å²) in [5.74, 6) is 0.205. The van der Waals surface area contributed by atoms with Gasteiger partial charge in [-0.15, -0.1) is 12.4 Å². The van der Waals surface area contributed by atoms with Crippen LogP contribution in [0, 0.1) is 0 Å². The van der Waals surface area contributed by atoms with Crippen LogP contribution in [-0.4, -0.2) is 55.5 Å². The number of nitrogens with one attached hydrogen (secondary N) is 1. The maximum atomic E-state index is 12.2. The van der Waals surface area contributed by atoms with Gasteiger partial charge in [0.05, 0.1) is 6.54 Å². The number of carbonyl (C=O) groups excluding carboxylic acids is 1. The van der Waals surface area contributed by atoms with Gasteiger partial charge < -0.3 is 10.2 Å². The van der Waals surface area contributed by atoms with Crippen LogP contribution in [0.3, 0.4) is 0 Å². The fourth-order valence-corrected chi connectivity index (χ4v) is 2.64. The van der Waals surface area contributed by atoms with Crippen molar-refractivity contribution < 1.29 is 4.79 Å². The Kier molecular flexibility index (Phi) is 7.72. The minimum absolute atomic E-state index is 0. The first kappa shape index (κ1) is 18.0. The zero-order valence-corrected chi connectivity index (χ0v) is 13.7. The Bertz CT molecular complexity index is 419. The highest BCUT2D eigenvalue weighted by molar-refractivity contribution is 5.85. The molecule has 1 saturated heterocycles. The number of amides is 1. The van der Waals surface area contributed by atoms with Crippen LogP contribution in [0.1, 0.15) is 18.4 Å². The molecule has 1 fully saturated rings. The van der Waals surface area contributed by atoms with Gasteiger partial charge in [0.25, 0.3) is 0 Å². The van der Waals surface area contributed by atoms with E-state index in [0.717, 1.165) is 25.9 Å². The monoisotopic (exact) mass is 311 g/mol. The van der Waals surface area contributed by atoms with Gasteiger partial charge in [-0.1, -0.05) is 30.3 Å². The molecular formula is C16H26ClN3O. The largest absolute Gasteiger partial charge is 0.340 e. The number of likely N-dealkylation sites (tertiary alicyclic amines) is 1. The molecule has 5 heteroatoms. The van der Waals surface area contributed by atoms with E-state index in [4.69, 9.17) is 0 Å². The van der Waals surface area contributed by atoms with Gasteiger partial charge in [0.2, 0.25) is 5.91 Å². The van der Waals surface area contributed by atoms with E-state index in [9.17, 15) is 4.79 Å². The molecule has 0 saturated carbocycles. The molecule has 0 bridgehead atoms. The molecule has 0 atom stereocenters.